The number of ether oxygens (including phenoxy) is 2. The zero-order valence-electron chi connectivity index (χ0n) is 11.1. The third-order valence-corrected chi connectivity index (χ3v) is 4.19. The second kappa shape index (κ2) is 5.21. The number of piperidine rings is 1. The standard InChI is InChI=1S/C15H19NO3/c1-18-10-14-12-7-16(8-13(12)14)15(17)19-9-11-5-3-2-4-6-11/h2-6,12-14H,7-10H2,1H3/t12-,13+,14?. The van der Waals surface area contributed by atoms with E-state index in [1.54, 1.807) is 7.11 Å². The minimum Gasteiger partial charge on any atom is -0.445 e. The predicted octanol–water partition coefficient (Wildman–Crippen LogP) is 2.15. The average Bonchev–Trinajstić information content (AvgIpc) is 2.89. The first-order valence-electron chi connectivity index (χ1n) is 6.74. The Kier molecular flexibility index (Phi) is 3.42. The second-order valence-corrected chi connectivity index (χ2v) is 5.39. The molecule has 1 amide bonds. The number of amides is 1. The summed E-state index contributed by atoms with van der Waals surface area (Å²) in [6.45, 7) is 2.83. The molecule has 1 aromatic carbocycles. The highest BCUT2D eigenvalue weighted by atomic mass is 16.6. The van der Waals surface area contributed by atoms with Crippen LogP contribution in [-0.4, -0.2) is 37.8 Å². The third-order valence-electron chi connectivity index (χ3n) is 4.19. The number of carbonyl (C=O) groups excluding carboxylic acids is 1. The topological polar surface area (TPSA) is 38.8 Å². The molecule has 102 valence electrons. The van der Waals surface area contributed by atoms with Crippen LogP contribution in [0.15, 0.2) is 30.3 Å². The first-order chi connectivity index (χ1) is 9.29. The maximum Gasteiger partial charge on any atom is 0.410 e. The van der Waals surface area contributed by atoms with Crippen LogP contribution in [0.25, 0.3) is 0 Å². The number of likely N-dealkylation sites (tertiary alicyclic amines) is 1. The Labute approximate surface area is 113 Å². The summed E-state index contributed by atoms with van der Waals surface area (Å²) in [5, 5.41) is 0. The zero-order chi connectivity index (χ0) is 13.2. The molecule has 0 bridgehead atoms. The van der Waals surface area contributed by atoms with E-state index in [4.69, 9.17) is 9.47 Å². The summed E-state index contributed by atoms with van der Waals surface area (Å²) in [5.41, 5.74) is 1.03. The van der Waals surface area contributed by atoms with Gasteiger partial charge in [0.05, 0.1) is 0 Å². The summed E-state index contributed by atoms with van der Waals surface area (Å²) >= 11 is 0. The minimum atomic E-state index is -0.188. The lowest BCUT2D eigenvalue weighted by atomic mass is 10.2. The number of rotatable bonds is 4. The van der Waals surface area contributed by atoms with Crippen molar-refractivity contribution in [2.75, 3.05) is 26.8 Å². The van der Waals surface area contributed by atoms with Crippen LogP contribution in [0.1, 0.15) is 5.56 Å². The molecule has 0 N–H and O–H groups in total. The molecular weight excluding hydrogens is 242 g/mol. The van der Waals surface area contributed by atoms with E-state index in [0.29, 0.717) is 24.4 Å². The van der Waals surface area contributed by atoms with Crippen molar-refractivity contribution in [3.05, 3.63) is 35.9 Å². The molecular formula is C15H19NO3. The van der Waals surface area contributed by atoms with E-state index in [2.05, 4.69) is 0 Å². The van der Waals surface area contributed by atoms with Gasteiger partial charge in [0.15, 0.2) is 0 Å². The van der Waals surface area contributed by atoms with E-state index in [0.717, 1.165) is 25.3 Å². The molecule has 0 spiro atoms. The van der Waals surface area contributed by atoms with Crippen LogP contribution in [0.3, 0.4) is 0 Å². The molecule has 2 fully saturated rings. The quantitative estimate of drug-likeness (QED) is 0.833. The smallest absolute Gasteiger partial charge is 0.410 e. The van der Waals surface area contributed by atoms with Crippen LogP contribution in [0.5, 0.6) is 0 Å². The van der Waals surface area contributed by atoms with Crippen molar-refractivity contribution in [3.8, 4) is 0 Å². The molecule has 1 aliphatic carbocycles. The van der Waals surface area contributed by atoms with Gasteiger partial charge in [0, 0.05) is 26.8 Å². The summed E-state index contributed by atoms with van der Waals surface area (Å²) in [4.78, 5) is 13.7. The van der Waals surface area contributed by atoms with Crippen molar-refractivity contribution in [1.82, 2.24) is 4.90 Å². The maximum absolute atomic E-state index is 11.9. The van der Waals surface area contributed by atoms with Gasteiger partial charge in [-0.1, -0.05) is 30.3 Å². The number of nitrogens with zero attached hydrogens (tertiary/aromatic N) is 1. The Hall–Kier alpha value is -1.55. The molecule has 0 radical (unpaired) electrons. The molecule has 1 heterocycles. The summed E-state index contributed by atoms with van der Waals surface area (Å²) in [7, 11) is 1.74. The fourth-order valence-electron chi connectivity index (χ4n) is 3.05. The normalized spacial score (nSPS) is 28.1. The Morgan fingerprint density at radius 2 is 1.95 bits per heavy atom. The Morgan fingerprint density at radius 3 is 2.58 bits per heavy atom. The number of fused-ring (bicyclic) bond motifs is 1. The first kappa shape index (κ1) is 12.5. The third kappa shape index (κ3) is 2.59. The van der Waals surface area contributed by atoms with E-state index in [1.807, 2.05) is 35.2 Å². The van der Waals surface area contributed by atoms with Crippen LogP contribution in [0.4, 0.5) is 4.79 Å². The number of hydrogen-bond acceptors (Lipinski definition) is 3. The van der Waals surface area contributed by atoms with Crippen molar-refractivity contribution in [2.45, 2.75) is 6.61 Å². The van der Waals surface area contributed by atoms with Gasteiger partial charge < -0.3 is 14.4 Å². The Bertz CT molecular complexity index is 436. The molecule has 4 heteroatoms. The van der Waals surface area contributed by atoms with Gasteiger partial charge in [0.2, 0.25) is 0 Å². The first-order valence-corrected chi connectivity index (χ1v) is 6.74. The van der Waals surface area contributed by atoms with Crippen molar-refractivity contribution in [1.29, 1.82) is 0 Å². The molecule has 1 aromatic rings. The summed E-state index contributed by atoms with van der Waals surface area (Å²) in [6, 6.07) is 9.77. The van der Waals surface area contributed by atoms with Gasteiger partial charge in [-0.2, -0.15) is 0 Å². The summed E-state index contributed by atoms with van der Waals surface area (Å²) in [6.07, 6.45) is -0.188. The van der Waals surface area contributed by atoms with E-state index in [9.17, 15) is 4.79 Å². The van der Waals surface area contributed by atoms with E-state index >= 15 is 0 Å². The van der Waals surface area contributed by atoms with E-state index in [1.165, 1.54) is 0 Å². The van der Waals surface area contributed by atoms with Crippen LogP contribution in [-0.2, 0) is 16.1 Å². The number of carbonyl (C=O) groups is 1. The highest BCUT2D eigenvalue weighted by molar-refractivity contribution is 5.68. The van der Waals surface area contributed by atoms with Gasteiger partial charge in [-0.25, -0.2) is 4.79 Å². The monoisotopic (exact) mass is 261 g/mol. The van der Waals surface area contributed by atoms with Crippen LogP contribution in [0.2, 0.25) is 0 Å². The molecule has 0 aromatic heterocycles. The van der Waals surface area contributed by atoms with Gasteiger partial charge in [-0.15, -0.1) is 0 Å². The number of hydrogen-bond donors (Lipinski definition) is 0. The molecule has 19 heavy (non-hydrogen) atoms. The summed E-state index contributed by atoms with van der Waals surface area (Å²) in [5.74, 6) is 1.91. The van der Waals surface area contributed by atoms with Crippen molar-refractivity contribution < 1.29 is 14.3 Å². The largest absolute Gasteiger partial charge is 0.445 e. The van der Waals surface area contributed by atoms with Gasteiger partial charge in [-0.3, -0.25) is 0 Å². The Balaban J connectivity index is 1.44. The highest BCUT2D eigenvalue weighted by Gasteiger charge is 2.56. The van der Waals surface area contributed by atoms with Gasteiger partial charge in [0.25, 0.3) is 0 Å². The molecule has 3 rings (SSSR count). The number of methoxy groups -OCH3 is 1. The fraction of sp³-hybridized carbons (Fsp3) is 0.533. The van der Waals surface area contributed by atoms with Gasteiger partial charge in [-0.05, 0) is 23.3 Å². The van der Waals surface area contributed by atoms with Crippen LogP contribution in [0, 0.1) is 17.8 Å². The molecule has 1 aliphatic heterocycles. The van der Waals surface area contributed by atoms with Crippen LogP contribution < -0.4 is 0 Å². The molecule has 4 nitrogen and oxygen atoms in total. The average molecular weight is 261 g/mol. The maximum atomic E-state index is 11.9. The van der Waals surface area contributed by atoms with E-state index < -0.39 is 0 Å². The molecule has 2 aliphatic rings. The van der Waals surface area contributed by atoms with Crippen molar-refractivity contribution in [2.24, 2.45) is 17.8 Å². The summed E-state index contributed by atoms with van der Waals surface area (Å²) < 4.78 is 10.5. The van der Waals surface area contributed by atoms with Gasteiger partial charge in [0.1, 0.15) is 6.61 Å². The minimum absolute atomic E-state index is 0.188. The number of benzene rings is 1. The fourth-order valence-corrected chi connectivity index (χ4v) is 3.05. The lowest BCUT2D eigenvalue weighted by molar-refractivity contribution is 0.0946. The highest BCUT2D eigenvalue weighted by Crippen LogP contribution is 2.51. The SMILES string of the molecule is COCC1[C@H]2CN(C(=O)OCc3ccccc3)C[C@@H]12. The van der Waals surface area contributed by atoms with Crippen molar-refractivity contribution >= 4 is 6.09 Å². The molecule has 1 unspecified atom stereocenters. The van der Waals surface area contributed by atoms with Crippen LogP contribution >= 0.6 is 0 Å². The van der Waals surface area contributed by atoms with Gasteiger partial charge >= 0.3 is 6.09 Å². The lowest BCUT2D eigenvalue weighted by Crippen LogP contribution is -2.32. The zero-order valence-corrected chi connectivity index (χ0v) is 11.1. The van der Waals surface area contributed by atoms with E-state index in [-0.39, 0.29) is 6.09 Å². The Morgan fingerprint density at radius 1 is 1.26 bits per heavy atom. The van der Waals surface area contributed by atoms with Crippen molar-refractivity contribution in [3.63, 3.8) is 0 Å². The molecule has 1 saturated carbocycles. The predicted molar refractivity (Wildman–Crippen MR) is 70.5 cm³/mol. The molecule has 3 atom stereocenters. The molecule has 1 saturated heterocycles. The lowest BCUT2D eigenvalue weighted by Gasteiger charge is -2.19. The second-order valence-electron chi connectivity index (χ2n) is 5.39.